The highest BCUT2D eigenvalue weighted by Gasteiger charge is 2.08. The molecule has 0 spiro atoms. The van der Waals surface area contributed by atoms with Crippen LogP contribution in [0.1, 0.15) is 5.89 Å². The minimum absolute atomic E-state index is 0.177. The summed E-state index contributed by atoms with van der Waals surface area (Å²) in [5, 5.41) is 14.9. The topological polar surface area (TPSA) is 116 Å². The number of aromatic nitrogens is 2. The summed E-state index contributed by atoms with van der Waals surface area (Å²) in [5.74, 6) is 0.685. The summed E-state index contributed by atoms with van der Waals surface area (Å²) in [6.45, 7) is 0.280. The second-order valence-corrected chi connectivity index (χ2v) is 4.33. The van der Waals surface area contributed by atoms with Gasteiger partial charge in [0.25, 0.3) is 0 Å². The quantitative estimate of drug-likeness (QED) is 0.352. The van der Waals surface area contributed by atoms with Crippen LogP contribution in [0.15, 0.2) is 28.7 Å². The van der Waals surface area contributed by atoms with E-state index in [4.69, 9.17) is 15.6 Å². The van der Waals surface area contributed by atoms with E-state index in [1.807, 2.05) is 43.3 Å². The van der Waals surface area contributed by atoms with Crippen LogP contribution in [0.3, 0.4) is 0 Å². The van der Waals surface area contributed by atoms with Crippen molar-refractivity contribution in [1.29, 1.82) is 5.41 Å². The molecule has 0 aliphatic heterocycles. The van der Waals surface area contributed by atoms with Crippen molar-refractivity contribution in [3.05, 3.63) is 30.2 Å². The minimum Gasteiger partial charge on any atom is -0.419 e. The number of nitrogens with one attached hydrogen (secondary N) is 3. The highest BCUT2D eigenvalue weighted by Crippen LogP contribution is 2.21. The monoisotopic (exact) mass is 275 g/mol. The van der Waals surface area contributed by atoms with Gasteiger partial charge in [-0.2, -0.15) is 0 Å². The van der Waals surface area contributed by atoms with E-state index in [0.717, 1.165) is 11.3 Å². The van der Waals surface area contributed by atoms with E-state index in [9.17, 15) is 0 Å². The third kappa shape index (κ3) is 3.45. The third-order valence-electron chi connectivity index (χ3n) is 2.56. The number of benzene rings is 1. The number of guanidine groups is 1. The summed E-state index contributed by atoms with van der Waals surface area (Å²) in [6.07, 6.45) is 0. The van der Waals surface area contributed by atoms with Crippen molar-refractivity contribution in [2.24, 2.45) is 5.73 Å². The first-order valence-corrected chi connectivity index (χ1v) is 5.99. The Morgan fingerprint density at radius 1 is 1.30 bits per heavy atom. The van der Waals surface area contributed by atoms with Crippen LogP contribution in [0.25, 0.3) is 11.5 Å². The fraction of sp³-hybridized carbons (Fsp3) is 0.250. The van der Waals surface area contributed by atoms with Crippen LogP contribution in [-0.2, 0) is 6.54 Å². The molecular weight excluding hydrogens is 258 g/mol. The van der Waals surface area contributed by atoms with Crippen molar-refractivity contribution in [2.75, 3.05) is 19.0 Å². The molecule has 2 aromatic rings. The number of hydrogen-bond acceptors (Lipinski definition) is 6. The standard InChI is InChI=1S/C12H17N7O/c1-19(2)9-5-3-8(4-6-9)11-17-16-10(20-11)7-15-18-12(13)14/h3-6,15H,7H2,1-2H3,(H4,13,14,18). The Bertz CT molecular complexity index is 576. The van der Waals surface area contributed by atoms with Gasteiger partial charge in [-0.05, 0) is 24.3 Å². The Morgan fingerprint density at radius 3 is 2.60 bits per heavy atom. The zero-order valence-electron chi connectivity index (χ0n) is 11.3. The molecule has 0 aliphatic carbocycles. The van der Waals surface area contributed by atoms with E-state index < -0.39 is 0 Å². The molecular formula is C12H17N7O. The first kappa shape index (κ1) is 13.8. The van der Waals surface area contributed by atoms with E-state index >= 15 is 0 Å². The average Bonchev–Trinajstić information content (AvgIpc) is 2.87. The summed E-state index contributed by atoms with van der Waals surface area (Å²) in [7, 11) is 3.96. The van der Waals surface area contributed by atoms with Crippen LogP contribution in [0.2, 0.25) is 0 Å². The molecule has 0 aliphatic rings. The van der Waals surface area contributed by atoms with Gasteiger partial charge < -0.3 is 15.1 Å². The number of anilines is 1. The zero-order valence-corrected chi connectivity index (χ0v) is 11.3. The number of hydrazine groups is 1. The highest BCUT2D eigenvalue weighted by molar-refractivity contribution is 5.73. The van der Waals surface area contributed by atoms with E-state index in [1.165, 1.54) is 0 Å². The molecule has 0 saturated heterocycles. The molecule has 8 heteroatoms. The normalized spacial score (nSPS) is 10.3. The molecule has 106 valence electrons. The Balaban J connectivity index is 2.02. The van der Waals surface area contributed by atoms with Crippen LogP contribution in [-0.4, -0.2) is 30.3 Å². The Hall–Kier alpha value is -2.61. The van der Waals surface area contributed by atoms with Crippen molar-refractivity contribution in [2.45, 2.75) is 6.54 Å². The lowest BCUT2D eigenvalue weighted by atomic mass is 10.2. The molecule has 5 N–H and O–H groups in total. The van der Waals surface area contributed by atoms with Gasteiger partial charge in [0, 0.05) is 25.3 Å². The molecule has 20 heavy (non-hydrogen) atoms. The third-order valence-corrected chi connectivity index (χ3v) is 2.56. The lowest BCUT2D eigenvalue weighted by Gasteiger charge is -2.11. The van der Waals surface area contributed by atoms with Gasteiger partial charge in [0.2, 0.25) is 11.8 Å². The van der Waals surface area contributed by atoms with E-state index in [0.29, 0.717) is 11.8 Å². The molecule has 1 heterocycles. The van der Waals surface area contributed by atoms with Gasteiger partial charge in [-0.1, -0.05) is 0 Å². The smallest absolute Gasteiger partial charge is 0.247 e. The Morgan fingerprint density at radius 2 is 2.00 bits per heavy atom. The van der Waals surface area contributed by atoms with Gasteiger partial charge in [-0.15, -0.1) is 10.2 Å². The highest BCUT2D eigenvalue weighted by atomic mass is 16.4. The maximum Gasteiger partial charge on any atom is 0.247 e. The molecule has 0 unspecified atom stereocenters. The van der Waals surface area contributed by atoms with Crippen molar-refractivity contribution >= 4 is 11.6 Å². The predicted octanol–water partition coefficient (Wildman–Crippen LogP) is 0.290. The second kappa shape index (κ2) is 6.02. The molecule has 0 radical (unpaired) electrons. The Kier molecular flexibility index (Phi) is 4.16. The van der Waals surface area contributed by atoms with Gasteiger partial charge in [0.1, 0.15) is 0 Å². The van der Waals surface area contributed by atoms with Crippen LogP contribution in [0.5, 0.6) is 0 Å². The van der Waals surface area contributed by atoms with Gasteiger partial charge in [0.15, 0.2) is 5.96 Å². The predicted molar refractivity (Wildman–Crippen MR) is 76.0 cm³/mol. The number of rotatable bonds is 5. The molecule has 0 amide bonds. The lowest BCUT2D eigenvalue weighted by molar-refractivity contribution is 0.468. The van der Waals surface area contributed by atoms with Crippen molar-refractivity contribution in [3.63, 3.8) is 0 Å². The lowest BCUT2D eigenvalue weighted by Crippen LogP contribution is -2.41. The van der Waals surface area contributed by atoms with E-state index in [1.54, 1.807) is 0 Å². The van der Waals surface area contributed by atoms with Gasteiger partial charge in [-0.25, -0.2) is 5.43 Å². The molecule has 0 saturated carbocycles. The maximum absolute atomic E-state index is 6.99. The first-order valence-electron chi connectivity index (χ1n) is 5.99. The summed E-state index contributed by atoms with van der Waals surface area (Å²) >= 11 is 0. The fourth-order valence-corrected chi connectivity index (χ4v) is 1.56. The summed E-state index contributed by atoms with van der Waals surface area (Å²) in [5.41, 5.74) is 12.2. The van der Waals surface area contributed by atoms with Gasteiger partial charge in [0.05, 0.1) is 6.54 Å². The Labute approximate surface area is 116 Å². The molecule has 0 fully saturated rings. The number of nitrogens with two attached hydrogens (primary N) is 1. The SMILES string of the molecule is CN(C)c1ccc(-c2nnc(CNNC(=N)N)o2)cc1. The molecule has 8 nitrogen and oxygen atoms in total. The average molecular weight is 275 g/mol. The largest absolute Gasteiger partial charge is 0.419 e. The first-order chi connectivity index (χ1) is 9.56. The number of nitrogens with zero attached hydrogens (tertiary/aromatic N) is 3. The van der Waals surface area contributed by atoms with E-state index in [2.05, 4.69) is 21.0 Å². The molecule has 0 atom stereocenters. The van der Waals surface area contributed by atoms with Gasteiger partial charge >= 0.3 is 0 Å². The molecule has 1 aromatic heterocycles. The molecule has 1 aromatic carbocycles. The summed E-state index contributed by atoms with van der Waals surface area (Å²) in [4.78, 5) is 2.01. The summed E-state index contributed by atoms with van der Waals surface area (Å²) < 4.78 is 5.50. The number of hydrogen-bond donors (Lipinski definition) is 4. The van der Waals surface area contributed by atoms with E-state index in [-0.39, 0.29) is 12.5 Å². The van der Waals surface area contributed by atoms with Crippen molar-refractivity contribution < 1.29 is 4.42 Å². The second-order valence-electron chi connectivity index (χ2n) is 4.33. The van der Waals surface area contributed by atoms with Crippen LogP contribution >= 0.6 is 0 Å². The molecule has 2 rings (SSSR count). The van der Waals surface area contributed by atoms with Crippen molar-refractivity contribution in [3.8, 4) is 11.5 Å². The zero-order chi connectivity index (χ0) is 14.5. The fourth-order valence-electron chi connectivity index (χ4n) is 1.56. The van der Waals surface area contributed by atoms with Crippen LogP contribution < -0.4 is 21.5 Å². The minimum atomic E-state index is -0.177. The van der Waals surface area contributed by atoms with Crippen LogP contribution in [0.4, 0.5) is 5.69 Å². The van der Waals surface area contributed by atoms with Crippen LogP contribution in [0, 0.1) is 5.41 Å². The van der Waals surface area contributed by atoms with Crippen molar-refractivity contribution in [1.82, 2.24) is 21.0 Å². The maximum atomic E-state index is 6.99. The van der Waals surface area contributed by atoms with Gasteiger partial charge in [-0.3, -0.25) is 10.8 Å². The molecule has 0 bridgehead atoms. The summed E-state index contributed by atoms with van der Waals surface area (Å²) in [6, 6.07) is 7.81.